The number of hydrogen-bond acceptors (Lipinski definition) is 3. The SMILES string of the molecule is Cc1cccc2c(=O)n(-c3ccccc3)c(NC3CC3)c(C(=O)O)c12. The molecule has 1 saturated carbocycles. The van der Waals surface area contributed by atoms with Crippen LogP contribution in [0.25, 0.3) is 16.5 Å². The predicted octanol–water partition coefficient (Wildman–Crippen LogP) is 3.57. The number of pyridine rings is 1. The molecule has 3 aromatic rings. The summed E-state index contributed by atoms with van der Waals surface area (Å²) in [5.74, 6) is -0.667. The number of rotatable bonds is 4. The largest absolute Gasteiger partial charge is 0.478 e. The van der Waals surface area contributed by atoms with Crippen LogP contribution in [0.1, 0.15) is 28.8 Å². The Labute approximate surface area is 144 Å². The molecule has 5 nitrogen and oxygen atoms in total. The Morgan fingerprint density at radius 1 is 1.12 bits per heavy atom. The van der Waals surface area contributed by atoms with E-state index in [1.54, 1.807) is 12.1 Å². The molecule has 2 N–H and O–H groups in total. The van der Waals surface area contributed by atoms with E-state index in [0.717, 1.165) is 18.4 Å². The Balaban J connectivity index is 2.17. The molecule has 2 aromatic carbocycles. The number of aromatic nitrogens is 1. The molecule has 126 valence electrons. The lowest BCUT2D eigenvalue weighted by Gasteiger charge is -2.20. The summed E-state index contributed by atoms with van der Waals surface area (Å²) in [4.78, 5) is 25.3. The van der Waals surface area contributed by atoms with Gasteiger partial charge in [0.2, 0.25) is 0 Å². The van der Waals surface area contributed by atoms with Gasteiger partial charge in [-0.25, -0.2) is 4.79 Å². The van der Waals surface area contributed by atoms with Crippen molar-refractivity contribution in [3.63, 3.8) is 0 Å². The number of benzene rings is 2. The summed E-state index contributed by atoms with van der Waals surface area (Å²) in [7, 11) is 0. The molecule has 0 radical (unpaired) electrons. The molecule has 0 unspecified atom stereocenters. The van der Waals surface area contributed by atoms with Gasteiger partial charge < -0.3 is 10.4 Å². The highest BCUT2D eigenvalue weighted by atomic mass is 16.4. The van der Waals surface area contributed by atoms with Crippen LogP contribution in [0.4, 0.5) is 5.82 Å². The summed E-state index contributed by atoms with van der Waals surface area (Å²) in [5, 5.41) is 14.1. The predicted molar refractivity (Wildman–Crippen MR) is 97.9 cm³/mol. The van der Waals surface area contributed by atoms with Crippen LogP contribution in [0, 0.1) is 6.92 Å². The van der Waals surface area contributed by atoms with Crippen molar-refractivity contribution in [2.24, 2.45) is 0 Å². The molecule has 1 aromatic heterocycles. The monoisotopic (exact) mass is 334 g/mol. The summed E-state index contributed by atoms with van der Waals surface area (Å²) >= 11 is 0. The Morgan fingerprint density at radius 2 is 1.84 bits per heavy atom. The number of carbonyl (C=O) groups is 1. The van der Waals surface area contributed by atoms with Gasteiger partial charge in [0.05, 0.1) is 5.69 Å². The van der Waals surface area contributed by atoms with Gasteiger partial charge in [-0.1, -0.05) is 30.3 Å². The van der Waals surface area contributed by atoms with E-state index in [9.17, 15) is 14.7 Å². The number of anilines is 1. The van der Waals surface area contributed by atoms with Crippen molar-refractivity contribution >= 4 is 22.6 Å². The molecule has 0 aliphatic heterocycles. The molecule has 1 heterocycles. The van der Waals surface area contributed by atoms with E-state index < -0.39 is 5.97 Å². The van der Waals surface area contributed by atoms with E-state index in [-0.39, 0.29) is 17.2 Å². The molecule has 5 heteroatoms. The van der Waals surface area contributed by atoms with Crippen LogP contribution in [0.2, 0.25) is 0 Å². The molecule has 1 aliphatic carbocycles. The maximum Gasteiger partial charge on any atom is 0.340 e. The standard InChI is InChI=1S/C20H18N2O3/c1-12-6-5-9-15-16(12)17(20(24)25)18(21-13-10-11-13)22(19(15)23)14-7-3-2-4-8-14/h2-9,13,21H,10-11H2,1H3,(H,24,25). The lowest BCUT2D eigenvalue weighted by molar-refractivity contribution is 0.0699. The summed E-state index contributed by atoms with van der Waals surface area (Å²) in [5.41, 5.74) is 1.38. The molecule has 4 rings (SSSR count). The van der Waals surface area contributed by atoms with Gasteiger partial charge in [-0.05, 0) is 43.5 Å². The van der Waals surface area contributed by atoms with Crippen LogP contribution in [0.15, 0.2) is 53.3 Å². The summed E-state index contributed by atoms with van der Waals surface area (Å²) in [6, 6.07) is 14.7. The van der Waals surface area contributed by atoms with E-state index in [1.165, 1.54) is 4.57 Å². The minimum absolute atomic E-state index is 0.156. The molecule has 0 atom stereocenters. The lowest BCUT2D eigenvalue weighted by atomic mass is 10.0. The fourth-order valence-corrected chi connectivity index (χ4v) is 3.22. The molecule has 25 heavy (non-hydrogen) atoms. The van der Waals surface area contributed by atoms with Crippen molar-refractivity contribution in [2.45, 2.75) is 25.8 Å². The first kappa shape index (κ1) is 15.4. The smallest absolute Gasteiger partial charge is 0.340 e. The van der Waals surface area contributed by atoms with Crippen molar-refractivity contribution in [2.75, 3.05) is 5.32 Å². The number of hydrogen-bond donors (Lipinski definition) is 2. The lowest BCUT2D eigenvalue weighted by Crippen LogP contribution is -2.26. The van der Waals surface area contributed by atoms with Crippen LogP contribution in [-0.2, 0) is 0 Å². The highest BCUT2D eigenvalue weighted by Gasteiger charge is 2.28. The molecule has 0 spiro atoms. The van der Waals surface area contributed by atoms with Gasteiger partial charge in [0.1, 0.15) is 11.4 Å². The van der Waals surface area contributed by atoms with E-state index in [4.69, 9.17) is 0 Å². The zero-order valence-corrected chi connectivity index (χ0v) is 13.8. The van der Waals surface area contributed by atoms with Crippen LogP contribution in [-0.4, -0.2) is 21.7 Å². The van der Waals surface area contributed by atoms with E-state index in [0.29, 0.717) is 22.3 Å². The number of aryl methyl sites for hydroxylation is 1. The normalized spacial score (nSPS) is 13.8. The number of para-hydroxylation sites is 1. The minimum Gasteiger partial charge on any atom is -0.478 e. The van der Waals surface area contributed by atoms with Crippen molar-refractivity contribution < 1.29 is 9.90 Å². The summed E-state index contributed by atoms with van der Waals surface area (Å²) in [6.07, 6.45) is 1.96. The third-order valence-electron chi connectivity index (χ3n) is 4.56. The second kappa shape index (κ2) is 5.77. The Morgan fingerprint density at radius 3 is 2.48 bits per heavy atom. The molecule has 1 aliphatic rings. The van der Waals surface area contributed by atoms with Crippen molar-refractivity contribution in [1.82, 2.24) is 4.57 Å². The zero-order chi connectivity index (χ0) is 17.6. The maximum absolute atomic E-state index is 13.2. The van der Waals surface area contributed by atoms with Crippen LogP contribution in [0.5, 0.6) is 0 Å². The highest BCUT2D eigenvalue weighted by molar-refractivity contribution is 6.09. The molecule has 0 saturated heterocycles. The van der Waals surface area contributed by atoms with Crippen LogP contribution >= 0.6 is 0 Å². The first-order valence-corrected chi connectivity index (χ1v) is 8.31. The van der Waals surface area contributed by atoms with Crippen molar-refractivity contribution in [3.8, 4) is 5.69 Å². The topological polar surface area (TPSA) is 71.3 Å². The third-order valence-corrected chi connectivity index (χ3v) is 4.56. The van der Waals surface area contributed by atoms with E-state index in [1.807, 2.05) is 43.3 Å². The Bertz CT molecular complexity index is 1030. The Kier molecular flexibility index (Phi) is 3.57. The molecule has 0 bridgehead atoms. The van der Waals surface area contributed by atoms with Crippen molar-refractivity contribution in [3.05, 3.63) is 70.0 Å². The zero-order valence-electron chi connectivity index (χ0n) is 13.8. The second-order valence-corrected chi connectivity index (χ2v) is 6.42. The number of fused-ring (bicyclic) bond motifs is 1. The molecular formula is C20H18N2O3. The second-order valence-electron chi connectivity index (χ2n) is 6.42. The molecule has 1 fully saturated rings. The van der Waals surface area contributed by atoms with Crippen LogP contribution in [0.3, 0.4) is 0 Å². The Hall–Kier alpha value is -3.08. The fourth-order valence-electron chi connectivity index (χ4n) is 3.22. The maximum atomic E-state index is 13.2. The van der Waals surface area contributed by atoms with Gasteiger partial charge in [0, 0.05) is 16.8 Å². The highest BCUT2D eigenvalue weighted by Crippen LogP contribution is 2.32. The number of carboxylic acids is 1. The first-order chi connectivity index (χ1) is 12.1. The number of nitrogens with one attached hydrogen (secondary N) is 1. The van der Waals surface area contributed by atoms with Gasteiger partial charge in [-0.15, -0.1) is 0 Å². The minimum atomic E-state index is -1.04. The number of carboxylic acid groups (broad SMARTS) is 1. The summed E-state index contributed by atoms with van der Waals surface area (Å²) < 4.78 is 1.49. The van der Waals surface area contributed by atoms with E-state index in [2.05, 4.69) is 5.32 Å². The van der Waals surface area contributed by atoms with Gasteiger partial charge in [-0.2, -0.15) is 0 Å². The summed E-state index contributed by atoms with van der Waals surface area (Å²) in [6.45, 7) is 1.84. The quantitative estimate of drug-likeness (QED) is 0.765. The van der Waals surface area contributed by atoms with Crippen LogP contribution < -0.4 is 10.9 Å². The fraction of sp³-hybridized carbons (Fsp3) is 0.200. The van der Waals surface area contributed by atoms with E-state index >= 15 is 0 Å². The molecule has 0 amide bonds. The van der Waals surface area contributed by atoms with Gasteiger partial charge >= 0.3 is 5.97 Å². The number of nitrogens with zero attached hydrogens (tertiary/aromatic N) is 1. The average molecular weight is 334 g/mol. The van der Waals surface area contributed by atoms with Gasteiger partial charge in [0.25, 0.3) is 5.56 Å². The van der Waals surface area contributed by atoms with Gasteiger partial charge in [0.15, 0.2) is 0 Å². The average Bonchev–Trinajstić information content (AvgIpc) is 3.41. The number of aromatic carboxylic acids is 1. The third kappa shape index (κ3) is 2.58. The van der Waals surface area contributed by atoms with Crippen molar-refractivity contribution in [1.29, 1.82) is 0 Å². The first-order valence-electron chi connectivity index (χ1n) is 8.31. The van der Waals surface area contributed by atoms with Gasteiger partial charge in [-0.3, -0.25) is 9.36 Å². The molecular weight excluding hydrogens is 316 g/mol.